The lowest BCUT2D eigenvalue weighted by molar-refractivity contribution is -0.144. The van der Waals surface area contributed by atoms with E-state index in [9.17, 15) is 14.7 Å². The molecule has 0 radical (unpaired) electrons. The number of carboxylic acid groups (broad SMARTS) is 1. The summed E-state index contributed by atoms with van der Waals surface area (Å²) in [4.78, 5) is 30.2. The maximum atomic E-state index is 13.4. The number of fused-ring (bicyclic) bond motifs is 1. The minimum Gasteiger partial charge on any atom is -0.493 e. The van der Waals surface area contributed by atoms with E-state index >= 15 is 0 Å². The number of carboxylic acids is 1. The molecule has 37 heavy (non-hydrogen) atoms. The molecule has 3 N–H and O–H groups in total. The molecule has 1 saturated heterocycles. The summed E-state index contributed by atoms with van der Waals surface area (Å²) in [5.74, 6) is -0.215. The number of amides is 1. The molecule has 0 aliphatic carbocycles. The average Bonchev–Trinajstić information content (AvgIpc) is 3.45. The van der Waals surface area contributed by atoms with Gasteiger partial charge in [0, 0.05) is 38.1 Å². The van der Waals surface area contributed by atoms with Crippen molar-refractivity contribution in [3.8, 4) is 17.2 Å². The van der Waals surface area contributed by atoms with Gasteiger partial charge in [-0.1, -0.05) is 40.5 Å². The molecule has 1 fully saturated rings. The van der Waals surface area contributed by atoms with E-state index in [1.165, 1.54) is 0 Å². The Morgan fingerprint density at radius 3 is 2.59 bits per heavy atom. The van der Waals surface area contributed by atoms with Gasteiger partial charge in [-0.15, -0.1) is 0 Å². The Morgan fingerprint density at radius 1 is 1.22 bits per heavy atom. The fourth-order valence-corrected chi connectivity index (χ4v) is 5.93. The van der Waals surface area contributed by atoms with Crippen molar-refractivity contribution in [2.24, 2.45) is 17.1 Å². The predicted molar refractivity (Wildman–Crippen MR) is 142 cm³/mol. The third kappa shape index (κ3) is 6.87. The monoisotopic (exact) mass is 519 g/mol. The van der Waals surface area contributed by atoms with Crippen LogP contribution in [0.2, 0.25) is 0 Å². The van der Waals surface area contributed by atoms with Gasteiger partial charge < -0.3 is 30.0 Å². The van der Waals surface area contributed by atoms with Crippen LogP contribution >= 0.6 is 0 Å². The average molecular weight is 520 g/mol. The third-order valence-corrected chi connectivity index (χ3v) is 7.70. The molecule has 1 aromatic carbocycles. The molecule has 1 aromatic rings. The molecule has 0 saturated carbocycles. The van der Waals surface area contributed by atoms with Crippen LogP contribution < -0.4 is 19.9 Å². The van der Waals surface area contributed by atoms with Crippen LogP contribution in [0.4, 0.5) is 0 Å². The van der Waals surface area contributed by atoms with Crippen molar-refractivity contribution in [1.82, 2.24) is 9.80 Å². The minimum atomic E-state index is -0.848. The molecular weight excluding hydrogens is 474 g/mol. The van der Waals surface area contributed by atoms with Gasteiger partial charge in [0.05, 0.1) is 19.6 Å². The maximum absolute atomic E-state index is 13.4. The molecule has 2 heterocycles. The van der Waals surface area contributed by atoms with Crippen LogP contribution in [-0.2, 0) is 9.59 Å². The van der Waals surface area contributed by atoms with E-state index in [-0.39, 0.29) is 36.6 Å². The number of benzene rings is 1. The first kappa shape index (κ1) is 29.0. The smallest absolute Gasteiger partial charge is 0.308 e. The lowest BCUT2D eigenvalue weighted by Crippen LogP contribution is -2.46. The second-order valence-electron chi connectivity index (χ2n) is 11.1. The molecular formula is C28H45N3O6. The molecule has 0 spiro atoms. The first-order valence-corrected chi connectivity index (χ1v) is 13.6. The van der Waals surface area contributed by atoms with Crippen molar-refractivity contribution in [3.05, 3.63) is 17.7 Å². The first-order valence-electron chi connectivity index (χ1n) is 13.6. The molecule has 9 heteroatoms. The Hall–Kier alpha value is -2.52. The molecule has 1 unspecified atom stereocenters. The Kier molecular flexibility index (Phi) is 10.1. The standard InChI is InChI=1S/C28H45N3O6/c1-6-8-11-30(12-10-29)24(32)17-31-16-20(19-13-22(35-5)26-23(14-19)36-18-37-26)25(27(33)34)21(31)15-28(3,4)9-7-2/h13-14,20-21,25H,6-12,15-18,29H2,1-5H3,(H,33,34)/t20-,21+,25?/m1/s1. The Labute approximate surface area is 221 Å². The van der Waals surface area contributed by atoms with E-state index in [0.717, 1.165) is 31.2 Å². The largest absolute Gasteiger partial charge is 0.493 e. The second-order valence-corrected chi connectivity index (χ2v) is 11.1. The van der Waals surface area contributed by atoms with E-state index in [1.54, 1.807) is 7.11 Å². The number of nitrogens with zero attached hydrogens (tertiary/aromatic N) is 2. The molecule has 1 amide bonds. The fourth-order valence-electron chi connectivity index (χ4n) is 5.93. The summed E-state index contributed by atoms with van der Waals surface area (Å²) in [5, 5.41) is 10.5. The molecule has 3 atom stereocenters. The SMILES string of the molecule is CCCCN(CCN)C(=O)CN1C[C@H](c2cc(OC)c3c(c2)OCO3)C(C(=O)O)[C@@H]1CC(C)(C)CCC. The van der Waals surface area contributed by atoms with Crippen LogP contribution in [0.25, 0.3) is 0 Å². The highest BCUT2D eigenvalue weighted by Crippen LogP contribution is 2.48. The summed E-state index contributed by atoms with van der Waals surface area (Å²) >= 11 is 0. The quantitative estimate of drug-likeness (QED) is 0.382. The molecule has 3 rings (SSSR count). The fraction of sp³-hybridized carbons (Fsp3) is 0.714. The van der Waals surface area contributed by atoms with Gasteiger partial charge in [0.1, 0.15) is 0 Å². The van der Waals surface area contributed by atoms with Gasteiger partial charge >= 0.3 is 5.97 Å². The van der Waals surface area contributed by atoms with Crippen LogP contribution in [-0.4, -0.2) is 79.5 Å². The van der Waals surface area contributed by atoms with Gasteiger partial charge in [0.25, 0.3) is 0 Å². The summed E-state index contributed by atoms with van der Waals surface area (Å²) in [6.45, 7) is 10.9. The van der Waals surface area contributed by atoms with Crippen molar-refractivity contribution in [2.75, 3.05) is 46.6 Å². The van der Waals surface area contributed by atoms with Crippen LogP contribution in [0.5, 0.6) is 17.2 Å². The van der Waals surface area contributed by atoms with Gasteiger partial charge in [0.2, 0.25) is 18.4 Å². The van der Waals surface area contributed by atoms with Crippen molar-refractivity contribution < 1.29 is 28.9 Å². The highest BCUT2D eigenvalue weighted by Gasteiger charge is 2.49. The van der Waals surface area contributed by atoms with E-state index in [1.807, 2.05) is 17.0 Å². The van der Waals surface area contributed by atoms with Crippen LogP contribution in [0.15, 0.2) is 12.1 Å². The number of unbranched alkanes of at least 4 members (excludes halogenated alkanes) is 1. The van der Waals surface area contributed by atoms with Crippen molar-refractivity contribution in [1.29, 1.82) is 0 Å². The highest BCUT2D eigenvalue weighted by atomic mass is 16.7. The Balaban J connectivity index is 1.97. The summed E-state index contributed by atoms with van der Waals surface area (Å²) < 4.78 is 16.7. The molecule has 0 aromatic heterocycles. The summed E-state index contributed by atoms with van der Waals surface area (Å²) in [6, 6.07) is 3.44. The van der Waals surface area contributed by atoms with Gasteiger partial charge in [-0.25, -0.2) is 0 Å². The summed E-state index contributed by atoms with van der Waals surface area (Å²) in [7, 11) is 1.56. The number of hydrogen-bond acceptors (Lipinski definition) is 7. The lowest BCUT2D eigenvalue weighted by Gasteiger charge is -2.35. The Morgan fingerprint density at radius 2 is 1.97 bits per heavy atom. The number of hydrogen-bond donors (Lipinski definition) is 2. The highest BCUT2D eigenvalue weighted by molar-refractivity contribution is 5.79. The molecule has 2 aliphatic rings. The molecule has 2 aliphatic heterocycles. The number of carbonyl (C=O) groups excluding carboxylic acids is 1. The number of methoxy groups -OCH3 is 1. The summed E-state index contributed by atoms with van der Waals surface area (Å²) in [5.41, 5.74) is 6.57. The number of carbonyl (C=O) groups is 2. The van der Waals surface area contributed by atoms with Gasteiger partial charge in [0.15, 0.2) is 11.5 Å². The maximum Gasteiger partial charge on any atom is 0.308 e. The first-order chi connectivity index (χ1) is 17.6. The normalized spacial score (nSPS) is 21.3. The van der Waals surface area contributed by atoms with Gasteiger partial charge in [-0.05, 0) is 42.4 Å². The topological polar surface area (TPSA) is 115 Å². The van der Waals surface area contributed by atoms with Crippen LogP contribution in [0.3, 0.4) is 0 Å². The van der Waals surface area contributed by atoms with Gasteiger partial charge in [-0.3, -0.25) is 14.5 Å². The molecule has 9 nitrogen and oxygen atoms in total. The van der Waals surface area contributed by atoms with Crippen LogP contribution in [0, 0.1) is 11.3 Å². The predicted octanol–water partition coefficient (Wildman–Crippen LogP) is 3.70. The van der Waals surface area contributed by atoms with Crippen LogP contribution in [0.1, 0.15) is 71.3 Å². The zero-order valence-electron chi connectivity index (χ0n) is 23.1. The summed E-state index contributed by atoms with van der Waals surface area (Å²) in [6.07, 6.45) is 4.59. The zero-order chi connectivity index (χ0) is 27.2. The zero-order valence-corrected chi connectivity index (χ0v) is 23.1. The second kappa shape index (κ2) is 12.8. The molecule has 0 bridgehead atoms. The van der Waals surface area contributed by atoms with Crippen molar-refractivity contribution in [2.45, 2.75) is 71.8 Å². The number of aliphatic carboxylic acids is 1. The minimum absolute atomic E-state index is 0.00486. The van der Waals surface area contributed by atoms with E-state index in [4.69, 9.17) is 19.9 Å². The number of ether oxygens (including phenoxy) is 3. The van der Waals surface area contributed by atoms with Crippen molar-refractivity contribution >= 4 is 11.9 Å². The van der Waals surface area contributed by atoms with E-state index in [0.29, 0.717) is 49.8 Å². The third-order valence-electron chi connectivity index (χ3n) is 7.70. The van der Waals surface area contributed by atoms with Gasteiger partial charge in [-0.2, -0.15) is 0 Å². The lowest BCUT2D eigenvalue weighted by atomic mass is 9.76. The van der Waals surface area contributed by atoms with E-state index < -0.39 is 11.9 Å². The number of rotatable bonds is 14. The number of nitrogens with two attached hydrogens (primary N) is 1. The Bertz CT molecular complexity index is 937. The number of likely N-dealkylation sites (tertiary alicyclic amines) is 1. The van der Waals surface area contributed by atoms with E-state index in [2.05, 4.69) is 32.6 Å². The van der Waals surface area contributed by atoms with Crippen molar-refractivity contribution in [3.63, 3.8) is 0 Å². The molecule has 208 valence electrons.